The fourth-order valence-corrected chi connectivity index (χ4v) is 2.47. The van der Waals surface area contributed by atoms with E-state index in [1.54, 1.807) is 0 Å². The van der Waals surface area contributed by atoms with Gasteiger partial charge in [-0.2, -0.15) is 0 Å². The highest BCUT2D eigenvalue weighted by Gasteiger charge is 2.20. The summed E-state index contributed by atoms with van der Waals surface area (Å²) in [4.78, 5) is 0. The molecule has 0 spiro atoms. The predicted octanol–water partition coefficient (Wildman–Crippen LogP) is 3.75. The van der Waals surface area contributed by atoms with Crippen LogP contribution in [0, 0.1) is 5.92 Å². The number of ether oxygens (including phenoxy) is 1. The lowest BCUT2D eigenvalue weighted by atomic mass is 9.94. The van der Waals surface area contributed by atoms with Crippen LogP contribution in [0.15, 0.2) is 24.3 Å². The molecule has 0 bridgehead atoms. The molecule has 0 aliphatic heterocycles. The van der Waals surface area contributed by atoms with Crippen molar-refractivity contribution in [3.8, 4) is 5.75 Å². The molecular weight excluding hydrogens is 262 g/mol. The summed E-state index contributed by atoms with van der Waals surface area (Å²) in [6.45, 7) is 10.5. The number of benzene rings is 1. The molecule has 0 aliphatic rings. The molecule has 0 aromatic heterocycles. The Bertz CT molecular complexity index is 385. The topological polar surface area (TPSA) is 41.5 Å². The van der Waals surface area contributed by atoms with Gasteiger partial charge in [0.1, 0.15) is 5.75 Å². The quantitative estimate of drug-likeness (QED) is 0.646. The Morgan fingerprint density at radius 1 is 1.24 bits per heavy atom. The maximum atomic E-state index is 10.2. The molecule has 3 heteroatoms. The summed E-state index contributed by atoms with van der Waals surface area (Å²) in [6.07, 6.45) is 3.05. The minimum Gasteiger partial charge on any atom is -0.494 e. The van der Waals surface area contributed by atoms with Gasteiger partial charge in [0.05, 0.1) is 12.2 Å². The molecule has 1 aromatic rings. The van der Waals surface area contributed by atoms with Crippen molar-refractivity contribution in [1.29, 1.82) is 0 Å². The van der Waals surface area contributed by atoms with Crippen molar-refractivity contribution in [2.24, 2.45) is 5.92 Å². The number of rotatable bonds is 10. The number of aliphatic hydroxyl groups is 1. The molecule has 0 aliphatic carbocycles. The van der Waals surface area contributed by atoms with E-state index in [9.17, 15) is 5.11 Å². The summed E-state index contributed by atoms with van der Waals surface area (Å²) < 4.78 is 5.64. The fraction of sp³-hybridized carbons (Fsp3) is 0.667. The molecule has 1 unspecified atom stereocenters. The van der Waals surface area contributed by atoms with Crippen LogP contribution < -0.4 is 10.1 Å². The van der Waals surface area contributed by atoms with E-state index in [2.05, 4.69) is 38.2 Å². The number of hydrogen-bond acceptors (Lipinski definition) is 3. The second-order valence-electron chi connectivity index (χ2n) is 6.54. The van der Waals surface area contributed by atoms with Crippen LogP contribution in [0.2, 0.25) is 0 Å². The third kappa shape index (κ3) is 8.08. The Labute approximate surface area is 129 Å². The van der Waals surface area contributed by atoms with Crippen LogP contribution in [-0.2, 0) is 6.54 Å². The maximum Gasteiger partial charge on any atom is 0.119 e. The van der Waals surface area contributed by atoms with Gasteiger partial charge in [0.15, 0.2) is 0 Å². The average molecular weight is 293 g/mol. The molecule has 21 heavy (non-hydrogen) atoms. The monoisotopic (exact) mass is 293 g/mol. The lowest BCUT2D eigenvalue weighted by Gasteiger charge is -2.25. The molecule has 1 aromatic carbocycles. The molecule has 0 saturated carbocycles. The van der Waals surface area contributed by atoms with Crippen molar-refractivity contribution < 1.29 is 9.84 Å². The van der Waals surface area contributed by atoms with Gasteiger partial charge in [-0.1, -0.05) is 39.3 Å². The second kappa shape index (κ2) is 9.06. The van der Waals surface area contributed by atoms with Gasteiger partial charge in [0.25, 0.3) is 0 Å². The Morgan fingerprint density at radius 3 is 2.48 bits per heavy atom. The largest absolute Gasteiger partial charge is 0.494 e. The SMILES string of the molecule is CCCCOc1ccc(CNCC(C)(O)CC(C)C)cc1. The van der Waals surface area contributed by atoms with Gasteiger partial charge < -0.3 is 15.2 Å². The first-order valence-corrected chi connectivity index (χ1v) is 8.08. The van der Waals surface area contributed by atoms with E-state index < -0.39 is 5.60 Å². The van der Waals surface area contributed by atoms with E-state index in [1.165, 1.54) is 5.56 Å². The van der Waals surface area contributed by atoms with Gasteiger partial charge in [-0.25, -0.2) is 0 Å². The van der Waals surface area contributed by atoms with Gasteiger partial charge in [-0.05, 0) is 43.4 Å². The molecule has 2 N–H and O–H groups in total. The van der Waals surface area contributed by atoms with Crippen molar-refractivity contribution >= 4 is 0 Å². The zero-order valence-corrected chi connectivity index (χ0v) is 14.0. The average Bonchev–Trinajstić information content (AvgIpc) is 2.39. The summed E-state index contributed by atoms with van der Waals surface area (Å²) in [5.74, 6) is 1.43. The zero-order valence-electron chi connectivity index (χ0n) is 14.0. The third-order valence-electron chi connectivity index (χ3n) is 3.37. The van der Waals surface area contributed by atoms with E-state index in [4.69, 9.17) is 4.74 Å². The van der Waals surface area contributed by atoms with E-state index in [0.29, 0.717) is 12.5 Å². The molecule has 1 rings (SSSR count). The first-order chi connectivity index (χ1) is 9.93. The highest BCUT2D eigenvalue weighted by atomic mass is 16.5. The Kier molecular flexibility index (Phi) is 7.76. The molecule has 1 atom stereocenters. The number of nitrogens with one attached hydrogen (secondary N) is 1. The fourth-order valence-electron chi connectivity index (χ4n) is 2.47. The molecule has 0 radical (unpaired) electrons. The van der Waals surface area contributed by atoms with Crippen LogP contribution in [0.25, 0.3) is 0 Å². The molecule has 0 amide bonds. The highest BCUT2D eigenvalue weighted by Crippen LogP contribution is 2.16. The van der Waals surface area contributed by atoms with Crippen LogP contribution >= 0.6 is 0 Å². The van der Waals surface area contributed by atoms with E-state index in [0.717, 1.165) is 38.2 Å². The highest BCUT2D eigenvalue weighted by molar-refractivity contribution is 5.27. The Morgan fingerprint density at radius 2 is 1.90 bits per heavy atom. The minimum atomic E-state index is -0.641. The Balaban J connectivity index is 2.32. The van der Waals surface area contributed by atoms with Crippen LogP contribution in [0.5, 0.6) is 5.75 Å². The second-order valence-corrected chi connectivity index (χ2v) is 6.54. The summed E-state index contributed by atoms with van der Waals surface area (Å²) in [5, 5.41) is 13.6. The first-order valence-electron chi connectivity index (χ1n) is 8.08. The molecular formula is C18H31NO2. The summed E-state index contributed by atoms with van der Waals surface area (Å²) in [6, 6.07) is 8.18. The lowest BCUT2D eigenvalue weighted by Crippen LogP contribution is -2.38. The molecule has 0 saturated heterocycles. The standard InChI is InChI=1S/C18H31NO2/c1-5-6-11-21-17-9-7-16(8-10-17)13-19-14-18(4,20)12-15(2)3/h7-10,15,19-20H,5-6,11-14H2,1-4H3. The first kappa shape index (κ1) is 18.0. The third-order valence-corrected chi connectivity index (χ3v) is 3.37. The normalized spacial score (nSPS) is 14.2. The summed E-state index contributed by atoms with van der Waals surface area (Å²) in [5.41, 5.74) is 0.565. The van der Waals surface area contributed by atoms with Crippen molar-refractivity contribution in [3.63, 3.8) is 0 Å². The van der Waals surface area contributed by atoms with Gasteiger partial charge >= 0.3 is 0 Å². The van der Waals surface area contributed by atoms with Crippen LogP contribution in [0.4, 0.5) is 0 Å². The number of hydrogen-bond donors (Lipinski definition) is 2. The van der Waals surface area contributed by atoms with Gasteiger partial charge in [-0.3, -0.25) is 0 Å². The van der Waals surface area contributed by atoms with E-state index >= 15 is 0 Å². The van der Waals surface area contributed by atoms with Crippen molar-refractivity contribution in [1.82, 2.24) is 5.32 Å². The lowest BCUT2D eigenvalue weighted by molar-refractivity contribution is 0.0383. The van der Waals surface area contributed by atoms with E-state index in [-0.39, 0.29) is 0 Å². The molecule has 0 fully saturated rings. The van der Waals surface area contributed by atoms with Crippen molar-refractivity contribution in [2.45, 2.75) is 59.1 Å². The molecule has 120 valence electrons. The maximum absolute atomic E-state index is 10.2. The Hall–Kier alpha value is -1.06. The van der Waals surface area contributed by atoms with Gasteiger partial charge in [0, 0.05) is 13.1 Å². The molecule has 0 heterocycles. The van der Waals surface area contributed by atoms with Crippen molar-refractivity contribution in [2.75, 3.05) is 13.2 Å². The zero-order chi connectivity index (χ0) is 15.7. The summed E-state index contributed by atoms with van der Waals surface area (Å²) >= 11 is 0. The smallest absolute Gasteiger partial charge is 0.119 e. The van der Waals surface area contributed by atoms with Crippen molar-refractivity contribution in [3.05, 3.63) is 29.8 Å². The number of unbranched alkanes of at least 4 members (excludes halogenated alkanes) is 1. The van der Waals surface area contributed by atoms with Crippen LogP contribution in [0.3, 0.4) is 0 Å². The predicted molar refractivity (Wildman–Crippen MR) is 88.6 cm³/mol. The van der Waals surface area contributed by atoms with E-state index in [1.807, 2.05) is 19.1 Å². The van der Waals surface area contributed by atoms with Crippen LogP contribution in [-0.4, -0.2) is 23.9 Å². The minimum absolute atomic E-state index is 0.501. The molecule has 3 nitrogen and oxygen atoms in total. The van der Waals surface area contributed by atoms with Gasteiger partial charge in [-0.15, -0.1) is 0 Å². The van der Waals surface area contributed by atoms with Crippen LogP contribution in [0.1, 0.15) is 52.5 Å². The van der Waals surface area contributed by atoms with Gasteiger partial charge in [0.2, 0.25) is 0 Å². The summed E-state index contributed by atoms with van der Waals surface area (Å²) in [7, 11) is 0.